The number of nitrogens with one attached hydrogen (secondary N) is 1. The molecule has 0 saturated heterocycles. The molecule has 1 N–H and O–H groups in total. The average molecular weight is 252 g/mol. The highest BCUT2D eigenvalue weighted by Crippen LogP contribution is 2.38. The van der Waals surface area contributed by atoms with Crippen LogP contribution in [-0.2, 0) is 0 Å². The monoisotopic (exact) mass is 252 g/mol. The molecule has 2 atom stereocenters. The number of likely N-dealkylation sites (N-methyl/N-ethyl adjacent to an activating group) is 2. The van der Waals surface area contributed by atoms with Gasteiger partial charge in [0.2, 0.25) is 0 Å². The average Bonchev–Trinajstić information content (AvgIpc) is 2.26. The molecule has 0 aromatic carbocycles. The van der Waals surface area contributed by atoms with E-state index in [4.69, 9.17) is 0 Å². The molecule has 2 aliphatic carbocycles. The molecule has 0 radical (unpaired) electrons. The lowest BCUT2D eigenvalue weighted by atomic mass is 9.70. The topological polar surface area (TPSA) is 15.3 Å². The molecule has 2 nitrogen and oxygen atoms in total. The van der Waals surface area contributed by atoms with Crippen LogP contribution in [0.1, 0.15) is 59.3 Å². The van der Waals surface area contributed by atoms with Crippen molar-refractivity contribution in [3.8, 4) is 0 Å². The lowest BCUT2D eigenvalue weighted by molar-refractivity contribution is 0.0472. The lowest BCUT2D eigenvalue weighted by Crippen LogP contribution is -2.58. The highest BCUT2D eigenvalue weighted by atomic mass is 15.2. The van der Waals surface area contributed by atoms with E-state index in [1.807, 2.05) is 0 Å². The Morgan fingerprint density at radius 3 is 2.44 bits per heavy atom. The van der Waals surface area contributed by atoms with Crippen LogP contribution in [0.5, 0.6) is 0 Å². The summed E-state index contributed by atoms with van der Waals surface area (Å²) in [5, 5.41) is 3.77. The molecule has 2 rings (SSSR count). The summed E-state index contributed by atoms with van der Waals surface area (Å²) in [5.41, 5.74) is 0.451. The molecule has 0 bridgehead atoms. The Morgan fingerprint density at radius 2 is 1.89 bits per heavy atom. The first kappa shape index (κ1) is 14.3. The van der Waals surface area contributed by atoms with E-state index in [-0.39, 0.29) is 0 Å². The maximum atomic E-state index is 3.77. The highest BCUT2D eigenvalue weighted by molar-refractivity contribution is 4.97. The van der Waals surface area contributed by atoms with Crippen molar-refractivity contribution in [2.24, 2.45) is 11.3 Å². The van der Waals surface area contributed by atoms with E-state index in [0.717, 1.165) is 18.5 Å². The summed E-state index contributed by atoms with van der Waals surface area (Å²) in [4.78, 5) is 2.66. The van der Waals surface area contributed by atoms with Crippen LogP contribution in [0.2, 0.25) is 0 Å². The van der Waals surface area contributed by atoms with Gasteiger partial charge in [-0.2, -0.15) is 0 Å². The minimum absolute atomic E-state index is 0.451. The van der Waals surface area contributed by atoms with Crippen molar-refractivity contribution in [1.82, 2.24) is 10.2 Å². The Labute approximate surface area is 114 Å². The molecule has 0 aromatic rings. The molecule has 0 aromatic heterocycles. The van der Waals surface area contributed by atoms with Crippen LogP contribution >= 0.6 is 0 Å². The molecular formula is C16H32N2. The number of nitrogens with zero attached hydrogens (tertiary/aromatic N) is 1. The minimum atomic E-state index is 0.451. The fourth-order valence-electron chi connectivity index (χ4n) is 3.93. The standard InChI is InChI=1S/C16H32N2/c1-5-17-15-14(10-7-11-16(15,2)3)18(4)12-13-8-6-9-13/h13-15,17H,5-12H2,1-4H3. The van der Waals surface area contributed by atoms with Crippen molar-refractivity contribution in [3.05, 3.63) is 0 Å². The van der Waals surface area contributed by atoms with Gasteiger partial charge in [-0.25, -0.2) is 0 Å². The van der Waals surface area contributed by atoms with Gasteiger partial charge in [-0.1, -0.05) is 33.6 Å². The predicted octanol–water partition coefficient (Wildman–Crippen LogP) is 3.28. The van der Waals surface area contributed by atoms with E-state index in [1.54, 1.807) is 0 Å². The summed E-state index contributed by atoms with van der Waals surface area (Å²) in [6.07, 6.45) is 8.54. The summed E-state index contributed by atoms with van der Waals surface area (Å²) < 4.78 is 0. The quantitative estimate of drug-likeness (QED) is 0.808. The van der Waals surface area contributed by atoms with E-state index < -0.39 is 0 Å². The predicted molar refractivity (Wildman–Crippen MR) is 78.9 cm³/mol. The molecular weight excluding hydrogens is 220 g/mol. The summed E-state index contributed by atoms with van der Waals surface area (Å²) in [5.74, 6) is 0.988. The molecule has 2 unspecified atom stereocenters. The second-order valence-electron chi connectivity index (χ2n) is 7.22. The van der Waals surface area contributed by atoms with Crippen molar-refractivity contribution < 1.29 is 0 Å². The first-order chi connectivity index (χ1) is 8.54. The molecule has 0 aliphatic heterocycles. The van der Waals surface area contributed by atoms with Crippen molar-refractivity contribution >= 4 is 0 Å². The van der Waals surface area contributed by atoms with E-state index in [2.05, 4.69) is 38.0 Å². The molecule has 2 aliphatic rings. The second-order valence-corrected chi connectivity index (χ2v) is 7.22. The minimum Gasteiger partial charge on any atom is -0.312 e. The Hall–Kier alpha value is -0.0800. The van der Waals surface area contributed by atoms with E-state index in [0.29, 0.717) is 11.5 Å². The van der Waals surface area contributed by atoms with Crippen molar-refractivity contribution in [3.63, 3.8) is 0 Å². The maximum Gasteiger partial charge on any atom is 0.0274 e. The smallest absolute Gasteiger partial charge is 0.0274 e. The Morgan fingerprint density at radius 1 is 1.17 bits per heavy atom. The van der Waals surface area contributed by atoms with Crippen LogP contribution in [0.3, 0.4) is 0 Å². The Bertz CT molecular complexity index is 258. The fourth-order valence-corrected chi connectivity index (χ4v) is 3.93. The molecule has 0 heterocycles. The van der Waals surface area contributed by atoms with Gasteiger partial charge in [0.25, 0.3) is 0 Å². The molecule has 0 amide bonds. The highest BCUT2D eigenvalue weighted by Gasteiger charge is 2.40. The first-order valence-electron chi connectivity index (χ1n) is 7.98. The van der Waals surface area contributed by atoms with Crippen molar-refractivity contribution in [2.45, 2.75) is 71.4 Å². The fraction of sp³-hybridized carbons (Fsp3) is 1.00. The molecule has 0 spiro atoms. The molecule has 2 fully saturated rings. The van der Waals surface area contributed by atoms with Gasteiger partial charge in [0, 0.05) is 18.6 Å². The second kappa shape index (κ2) is 5.92. The Balaban J connectivity index is 1.98. The first-order valence-corrected chi connectivity index (χ1v) is 7.98. The third-order valence-electron chi connectivity index (χ3n) is 5.31. The summed E-state index contributed by atoms with van der Waals surface area (Å²) in [7, 11) is 2.36. The normalized spacial score (nSPS) is 32.5. The summed E-state index contributed by atoms with van der Waals surface area (Å²) >= 11 is 0. The van der Waals surface area contributed by atoms with Gasteiger partial charge < -0.3 is 10.2 Å². The van der Waals surface area contributed by atoms with Gasteiger partial charge in [0.05, 0.1) is 0 Å². The van der Waals surface area contributed by atoms with Crippen LogP contribution in [0.4, 0.5) is 0 Å². The van der Waals surface area contributed by atoms with Crippen LogP contribution < -0.4 is 5.32 Å². The Kier molecular flexibility index (Phi) is 4.71. The molecule has 2 saturated carbocycles. The van der Waals surface area contributed by atoms with Crippen molar-refractivity contribution in [2.75, 3.05) is 20.1 Å². The van der Waals surface area contributed by atoms with Gasteiger partial charge in [-0.15, -0.1) is 0 Å². The number of rotatable bonds is 5. The largest absolute Gasteiger partial charge is 0.312 e. The van der Waals surface area contributed by atoms with Crippen LogP contribution in [0.25, 0.3) is 0 Å². The number of hydrogen-bond donors (Lipinski definition) is 1. The molecule has 2 heteroatoms. The van der Waals surface area contributed by atoms with E-state index in [9.17, 15) is 0 Å². The molecule has 18 heavy (non-hydrogen) atoms. The van der Waals surface area contributed by atoms with Gasteiger partial charge >= 0.3 is 0 Å². The van der Waals surface area contributed by atoms with Gasteiger partial charge in [-0.05, 0) is 50.6 Å². The molecule has 106 valence electrons. The van der Waals surface area contributed by atoms with E-state index in [1.165, 1.54) is 45.1 Å². The zero-order chi connectivity index (χ0) is 13.2. The maximum absolute atomic E-state index is 3.77. The lowest BCUT2D eigenvalue weighted by Gasteiger charge is -2.49. The number of hydrogen-bond acceptors (Lipinski definition) is 2. The summed E-state index contributed by atoms with van der Waals surface area (Å²) in [6.45, 7) is 9.56. The third kappa shape index (κ3) is 3.08. The summed E-state index contributed by atoms with van der Waals surface area (Å²) in [6, 6.07) is 1.41. The van der Waals surface area contributed by atoms with Crippen LogP contribution in [-0.4, -0.2) is 37.1 Å². The van der Waals surface area contributed by atoms with Gasteiger partial charge in [0.1, 0.15) is 0 Å². The SMILES string of the molecule is CCNC1C(N(C)CC2CCC2)CCCC1(C)C. The van der Waals surface area contributed by atoms with Crippen LogP contribution in [0, 0.1) is 11.3 Å². The third-order valence-corrected chi connectivity index (χ3v) is 5.31. The van der Waals surface area contributed by atoms with Gasteiger partial charge in [-0.3, -0.25) is 0 Å². The van der Waals surface area contributed by atoms with E-state index >= 15 is 0 Å². The van der Waals surface area contributed by atoms with Crippen molar-refractivity contribution in [1.29, 1.82) is 0 Å². The van der Waals surface area contributed by atoms with Crippen LogP contribution in [0.15, 0.2) is 0 Å². The zero-order valence-electron chi connectivity index (χ0n) is 12.8. The zero-order valence-corrected chi connectivity index (χ0v) is 12.8. The van der Waals surface area contributed by atoms with Gasteiger partial charge in [0.15, 0.2) is 0 Å².